The van der Waals surface area contributed by atoms with Gasteiger partial charge in [-0.3, -0.25) is 9.59 Å². The number of rotatable bonds is 4. The van der Waals surface area contributed by atoms with E-state index in [0.717, 1.165) is 18.8 Å². The molecule has 0 spiro atoms. The number of carbonyl (C=O) groups excluding carboxylic acids is 1. The fourth-order valence-electron chi connectivity index (χ4n) is 3.74. The molecule has 0 bridgehead atoms. The van der Waals surface area contributed by atoms with Gasteiger partial charge in [0.1, 0.15) is 17.1 Å². The number of fused-ring (bicyclic) bond motifs is 1. The van der Waals surface area contributed by atoms with Crippen LogP contribution in [0.25, 0.3) is 10.9 Å². The molecule has 0 saturated carbocycles. The summed E-state index contributed by atoms with van der Waals surface area (Å²) in [5.41, 5.74) is 1.55. The molecule has 1 aliphatic rings. The third-order valence-electron chi connectivity index (χ3n) is 5.42. The zero-order chi connectivity index (χ0) is 21.1. The predicted molar refractivity (Wildman–Crippen MR) is 112 cm³/mol. The van der Waals surface area contributed by atoms with Crippen molar-refractivity contribution in [2.45, 2.75) is 19.4 Å². The molecule has 1 aliphatic heterocycles. The lowest BCUT2D eigenvalue weighted by Gasteiger charge is -2.33. The van der Waals surface area contributed by atoms with Gasteiger partial charge in [-0.25, -0.2) is 4.98 Å². The van der Waals surface area contributed by atoms with Crippen molar-refractivity contribution >= 4 is 22.5 Å². The molecule has 1 aromatic heterocycles. The molecule has 3 N–H and O–H groups in total. The Labute approximate surface area is 172 Å². The van der Waals surface area contributed by atoms with Crippen LogP contribution in [0.4, 0.5) is 5.69 Å². The van der Waals surface area contributed by atoms with Crippen LogP contribution < -0.4 is 15.8 Å². The minimum Gasteiger partial charge on any atom is -0.506 e. The van der Waals surface area contributed by atoms with E-state index >= 15 is 0 Å². The second-order valence-electron chi connectivity index (χ2n) is 7.32. The smallest absolute Gasteiger partial charge is 0.258 e. The molecule has 8 nitrogen and oxygen atoms in total. The normalized spacial score (nSPS) is 14.4. The number of piperidine rings is 1. The number of aromatic amines is 1. The number of carbonyl (C=O) groups is 1. The van der Waals surface area contributed by atoms with Gasteiger partial charge in [0, 0.05) is 24.7 Å². The van der Waals surface area contributed by atoms with E-state index in [-0.39, 0.29) is 35.2 Å². The third-order valence-corrected chi connectivity index (χ3v) is 5.42. The van der Waals surface area contributed by atoms with Gasteiger partial charge in [0.15, 0.2) is 0 Å². The van der Waals surface area contributed by atoms with Crippen molar-refractivity contribution in [2.75, 3.05) is 18.0 Å². The number of nitrogens with zero attached hydrogens (tertiary/aromatic N) is 3. The lowest BCUT2D eigenvalue weighted by atomic mass is 9.95. The number of hydrogen-bond donors (Lipinski definition) is 3. The van der Waals surface area contributed by atoms with Gasteiger partial charge in [-0.2, -0.15) is 5.26 Å². The van der Waals surface area contributed by atoms with Gasteiger partial charge in [0.25, 0.3) is 5.56 Å². The summed E-state index contributed by atoms with van der Waals surface area (Å²) >= 11 is 0. The van der Waals surface area contributed by atoms with Gasteiger partial charge < -0.3 is 20.3 Å². The molecule has 2 aromatic carbocycles. The van der Waals surface area contributed by atoms with E-state index in [1.165, 1.54) is 6.07 Å². The first-order chi connectivity index (χ1) is 14.5. The number of nitrogens with one attached hydrogen (secondary N) is 2. The summed E-state index contributed by atoms with van der Waals surface area (Å²) in [6.45, 7) is 1.60. The monoisotopic (exact) mass is 403 g/mol. The lowest BCUT2D eigenvalue weighted by Crippen LogP contribution is -2.40. The number of hydrogen-bond acceptors (Lipinski definition) is 6. The van der Waals surface area contributed by atoms with Crippen molar-refractivity contribution < 1.29 is 9.90 Å². The maximum Gasteiger partial charge on any atom is 0.258 e. The van der Waals surface area contributed by atoms with Gasteiger partial charge >= 0.3 is 0 Å². The first-order valence-electron chi connectivity index (χ1n) is 9.79. The highest BCUT2D eigenvalue weighted by atomic mass is 16.3. The van der Waals surface area contributed by atoms with Crippen molar-refractivity contribution in [3.8, 4) is 11.8 Å². The summed E-state index contributed by atoms with van der Waals surface area (Å²) in [6.07, 6.45) is 1.43. The Bertz CT molecular complexity index is 1170. The van der Waals surface area contributed by atoms with E-state index in [0.29, 0.717) is 29.6 Å². The van der Waals surface area contributed by atoms with Crippen molar-refractivity contribution in [3.63, 3.8) is 0 Å². The topological polar surface area (TPSA) is 122 Å². The summed E-state index contributed by atoms with van der Waals surface area (Å²) in [5, 5.41) is 22.0. The Balaban J connectivity index is 1.35. The number of aromatic nitrogens is 2. The first-order valence-corrected chi connectivity index (χ1v) is 9.79. The molecular weight excluding hydrogens is 382 g/mol. The maximum atomic E-state index is 12.6. The number of nitriles is 1. The molecule has 4 rings (SSSR count). The average Bonchev–Trinajstić information content (AvgIpc) is 2.78. The molecule has 0 unspecified atom stereocenters. The van der Waals surface area contributed by atoms with E-state index in [1.807, 2.05) is 12.1 Å². The van der Waals surface area contributed by atoms with Crippen LogP contribution in [0, 0.1) is 17.2 Å². The Kier molecular flexibility index (Phi) is 5.35. The molecular formula is C22H21N5O3. The molecule has 0 aliphatic carbocycles. The Morgan fingerprint density at radius 2 is 1.97 bits per heavy atom. The molecule has 152 valence electrons. The Morgan fingerprint density at radius 3 is 2.67 bits per heavy atom. The fraction of sp³-hybridized carbons (Fsp3) is 0.273. The highest BCUT2D eigenvalue weighted by Gasteiger charge is 2.25. The highest BCUT2D eigenvalue weighted by molar-refractivity contribution is 5.83. The molecule has 8 heteroatoms. The van der Waals surface area contributed by atoms with E-state index in [9.17, 15) is 14.7 Å². The first kappa shape index (κ1) is 19.5. The number of para-hydroxylation sites is 1. The SMILES string of the molecule is N#Cc1ccc(N2CCC(C(=O)NCc3nc4c(O)cccc4c(=O)[nH]3)CC2)cc1. The second-order valence-corrected chi connectivity index (χ2v) is 7.32. The van der Waals surface area contributed by atoms with Crippen molar-refractivity contribution in [3.05, 3.63) is 64.2 Å². The van der Waals surface area contributed by atoms with E-state index in [2.05, 4.69) is 26.3 Å². The van der Waals surface area contributed by atoms with Crippen LogP contribution in [0.15, 0.2) is 47.3 Å². The zero-order valence-electron chi connectivity index (χ0n) is 16.3. The van der Waals surface area contributed by atoms with Crippen LogP contribution in [0.5, 0.6) is 5.75 Å². The van der Waals surface area contributed by atoms with Crippen LogP contribution in [0.3, 0.4) is 0 Å². The summed E-state index contributed by atoms with van der Waals surface area (Å²) in [4.78, 5) is 33.9. The standard InChI is InChI=1S/C22H21N5O3/c23-12-14-4-6-16(7-5-14)27-10-8-15(9-11-27)21(29)24-13-19-25-20-17(22(30)26-19)2-1-3-18(20)28/h1-7,15,28H,8-11,13H2,(H,24,29)(H,25,26,30). The van der Waals surface area contributed by atoms with Crippen LogP contribution >= 0.6 is 0 Å². The average molecular weight is 403 g/mol. The Hall–Kier alpha value is -3.86. The summed E-state index contributed by atoms with van der Waals surface area (Å²) in [7, 11) is 0. The summed E-state index contributed by atoms with van der Waals surface area (Å²) in [6, 6.07) is 14.2. The van der Waals surface area contributed by atoms with Crippen LogP contribution in [0.1, 0.15) is 24.2 Å². The fourth-order valence-corrected chi connectivity index (χ4v) is 3.74. The van der Waals surface area contributed by atoms with Gasteiger partial charge in [0.2, 0.25) is 5.91 Å². The summed E-state index contributed by atoms with van der Waals surface area (Å²) in [5.74, 6) is 0.0495. The van der Waals surface area contributed by atoms with Gasteiger partial charge in [-0.1, -0.05) is 6.07 Å². The van der Waals surface area contributed by atoms with E-state index in [4.69, 9.17) is 5.26 Å². The van der Waals surface area contributed by atoms with E-state index in [1.54, 1.807) is 24.3 Å². The minimum absolute atomic E-state index is 0.0682. The minimum atomic E-state index is -0.351. The van der Waals surface area contributed by atoms with Crippen molar-refractivity contribution in [1.29, 1.82) is 5.26 Å². The second kappa shape index (κ2) is 8.25. The number of benzene rings is 2. The molecule has 0 atom stereocenters. The molecule has 1 saturated heterocycles. The van der Waals surface area contributed by atoms with Crippen molar-refractivity contribution in [1.82, 2.24) is 15.3 Å². The number of amides is 1. The van der Waals surface area contributed by atoms with Crippen LogP contribution in [-0.4, -0.2) is 34.1 Å². The van der Waals surface area contributed by atoms with Gasteiger partial charge in [-0.05, 0) is 49.2 Å². The number of H-pyrrole nitrogens is 1. The van der Waals surface area contributed by atoms with Crippen LogP contribution in [-0.2, 0) is 11.3 Å². The Morgan fingerprint density at radius 1 is 1.23 bits per heavy atom. The molecule has 1 amide bonds. The summed E-state index contributed by atoms with van der Waals surface area (Å²) < 4.78 is 0. The molecule has 0 radical (unpaired) electrons. The van der Waals surface area contributed by atoms with Crippen LogP contribution in [0.2, 0.25) is 0 Å². The molecule has 2 heterocycles. The van der Waals surface area contributed by atoms with Gasteiger partial charge in [0.05, 0.1) is 23.6 Å². The zero-order valence-corrected chi connectivity index (χ0v) is 16.3. The number of phenolic OH excluding ortho intramolecular Hbond substituents is 1. The van der Waals surface area contributed by atoms with Crippen molar-refractivity contribution in [2.24, 2.45) is 5.92 Å². The molecule has 30 heavy (non-hydrogen) atoms. The van der Waals surface area contributed by atoms with E-state index < -0.39 is 0 Å². The number of aromatic hydroxyl groups is 1. The quantitative estimate of drug-likeness (QED) is 0.613. The number of anilines is 1. The number of phenols is 1. The highest BCUT2D eigenvalue weighted by Crippen LogP contribution is 2.24. The molecule has 3 aromatic rings. The maximum absolute atomic E-state index is 12.6. The largest absolute Gasteiger partial charge is 0.506 e. The van der Waals surface area contributed by atoms with Gasteiger partial charge in [-0.15, -0.1) is 0 Å². The molecule has 1 fully saturated rings. The lowest BCUT2D eigenvalue weighted by molar-refractivity contribution is -0.125. The predicted octanol–water partition coefficient (Wildman–Crippen LogP) is 2.03. The third kappa shape index (κ3) is 3.96.